The monoisotopic (exact) mass is 383 g/mol. The maximum atomic E-state index is 12.8. The molecule has 1 aromatic carbocycles. The molecule has 1 N–H and O–H groups in total. The number of hydrogen-bond donors (Lipinski definition) is 1. The Kier molecular flexibility index (Phi) is 5.15. The number of piperidine rings is 1. The molecule has 0 spiro atoms. The summed E-state index contributed by atoms with van der Waals surface area (Å²) in [7, 11) is -3.79. The molecule has 26 heavy (non-hydrogen) atoms. The molecule has 0 amide bonds. The Morgan fingerprint density at radius 1 is 1.15 bits per heavy atom. The first-order valence-corrected chi connectivity index (χ1v) is 10.0. The van der Waals surface area contributed by atoms with Crippen molar-refractivity contribution in [2.45, 2.75) is 43.0 Å². The number of carbonyl (C=O) groups is 1. The maximum absolute atomic E-state index is 12.8. The summed E-state index contributed by atoms with van der Waals surface area (Å²) >= 11 is 0. The van der Waals surface area contributed by atoms with Gasteiger partial charge in [-0.25, -0.2) is 13.2 Å². The van der Waals surface area contributed by atoms with Gasteiger partial charge >= 0.3 is 5.97 Å². The Bertz CT molecular complexity index is 819. The van der Waals surface area contributed by atoms with Crippen LogP contribution < -0.4 is 4.90 Å². The highest BCUT2D eigenvalue weighted by molar-refractivity contribution is 7.89. The van der Waals surface area contributed by atoms with Crippen LogP contribution in [0.2, 0.25) is 0 Å². The summed E-state index contributed by atoms with van der Waals surface area (Å²) in [5, 5.41) is 20.8. The fourth-order valence-corrected chi connectivity index (χ4v) is 5.16. The van der Waals surface area contributed by atoms with Crippen LogP contribution in [0.15, 0.2) is 23.1 Å². The number of rotatable bonds is 5. The third-order valence-corrected chi connectivity index (χ3v) is 6.84. The van der Waals surface area contributed by atoms with E-state index in [0.29, 0.717) is 32.5 Å². The van der Waals surface area contributed by atoms with Gasteiger partial charge in [0.15, 0.2) is 0 Å². The van der Waals surface area contributed by atoms with Crippen molar-refractivity contribution < 1.29 is 23.2 Å². The number of carboxylic acid groups (broad SMARTS) is 1. The van der Waals surface area contributed by atoms with E-state index in [9.17, 15) is 28.4 Å². The summed E-state index contributed by atoms with van der Waals surface area (Å²) in [4.78, 5) is 23.6. The van der Waals surface area contributed by atoms with Gasteiger partial charge in [0.2, 0.25) is 10.0 Å². The van der Waals surface area contributed by atoms with E-state index in [-0.39, 0.29) is 16.3 Å². The second-order valence-electron chi connectivity index (χ2n) is 6.56. The van der Waals surface area contributed by atoms with Gasteiger partial charge in [-0.3, -0.25) is 10.1 Å². The van der Waals surface area contributed by atoms with E-state index < -0.39 is 27.0 Å². The molecular weight excluding hydrogens is 362 g/mol. The van der Waals surface area contributed by atoms with Gasteiger partial charge in [0.05, 0.1) is 9.82 Å². The largest absolute Gasteiger partial charge is 0.480 e. The van der Waals surface area contributed by atoms with Crippen molar-refractivity contribution in [3.05, 3.63) is 28.3 Å². The van der Waals surface area contributed by atoms with Crippen LogP contribution in [0.3, 0.4) is 0 Å². The zero-order valence-electron chi connectivity index (χ0n) is 14.2. The van der Waals surface area contributed by atoms with Gasteiger partial charge in [0.1, 0.15) is 11.7 Å². The minimum atomic E-state index is -3.79. The molecule has 0 radical (unpaired) electrons. The zero-order valence-corrected chi connectivity index (χ0v) is 15.0. The Hall–Kier alpha value is -2.20. The van der Waals surface area contributed by atoms with Crippen molar-refractivity contribution in [3.8, 4) is 0 Å². The van der Waals surface area contributed by atoms with Crippen molar-refractivity contribution in [2.75, 3.05) is 24.5 Å². The van der Waals surface area contributed by atoms with Gasteiger partial charge in [-0.15, -0.1) is 0 Å². The Labute approximate surface area is 151 Å². The lowest BCUT2D eigenvalue weighted by Gasteiger charge is -2.27. The Morgan fingerprint density at radius 3 is 2.46 bits per heavy atom. The molecule has 1 aromatic rings. The summed E-state index contributed by atoms with van der Waals surface area (Å²) in [6.45, 7) is 1.20. The molecule has 0 aromatic heterocycles. The highest BCUT2D eigenvalue weighted by Crippen LogP contribution is 2.36. The second kappa shape index (κ2) is 7.20. The number of nitrogens with zero attached hydrogens (tertiary/aromatic N) is 3. The van der Waals surface area contributed by atoms with Gasteiger partial charge < -0.3 is 10.0 Å². The molecule has 0 bridgehead atoms. The predicted molar refractivity (Wildman–Crippen MR) is 93.7 cm³/mol. The minimum absolute atomic E-state index is 0.124. The van der Waals surface area contributed by atoms with E-state index in [1.54, 1.807) is 0 Å². The summed E-state index contributed by atoms with van der Waals surface area (Å²) in [5.74, 6) is -1.04. The number of aliphatic carboxylic acids is 1. The van der Waals surface area contributed by atoms with Crippen molar-refractivity contribution in [1.82, 2.24) is 4.31 Å². The van der Waals surface area contributed by atoms with Gasteiger partial charge in [-0.05, 0) is 37.8 Å². The molecule has 2 saturated heterocycles. The van der Waals surface area contributed by atoms with Crippen molar-refractivity contribution in [2.24, 2.45) is 0 Å². The third kappa shape index (κ3) is 3.38. The molecule has 2 fully saturated rings. The molecule has 0 saturated carbocycles. The van der Waals surface area contributed by atoms with Crippen LogP contribution in [-0.2, 0) is 14.8 Å². The molecule has 142 valence electrons. The standard InChI is InChI=1S/C16H21N3O6S/c20-16(21)14-5-4-10-18(14)13-7-6-12(11-15(13)19(22)23)26(24,25)17-8-2-1-3-9-17/h6-7,11,14H,1-5,8-10H2,(H,20,21)/t14-/m0/s1. The summed E-state index contributed by atoms with van der Waals surface area (Å²) in [6, 6.07) is 2.91. The molecule has 2 heterocycles. The van der Waals surface area contributed by atoms with Crippen LogP contribution in [-0.4, -0.2) is 54.4 Å². The molecular formula is C16H21N3O6S. The summed E-state index contributed by atoms with van der Waals surface area (Å²) in [5.41, 5.74) is -0.228. The average Bonchev–Trinajstić information content (AvgIpc) is 3.11. The lowest BCUT2D eigenvalue weighted by atomic mass is 10.2. The number of sulfonamides is 1. The number of benzene rings is 1. The molecule has 3 rings (SSSR count). The first-order chi connectivity index (χ1) is 12.3. The number of anilines is 1. The molecule has 1 atom stereocenters. The van der Waals surface area contributed by atoms with Crippen LogP contribution in [0.1, 0.15) is 32.1 Å². The smallest absolute Gasteiger partial charge is 0.326 e. The average molecular weight is 383 g/mol. The van der Waals surface area contributed by atoms with E-state index in [1.165, 1.54) is 21.3 Å². The quantitative estimate of drug-likeness (QED) is 0.608. The van der Waals surface area contributed by atoms with Gasteiger partial charge in [0, 0.05) is 25.7 Å². The van der Waals surface area contributed by atoms with Crippen LogP contribution in [0, 0.1) is 10.1 Å². The lowest BCUT2D eigenvalue weighted by Crippen LogP contribution is -2.37. The first kappa shape index (κ1) is 18.6. The fourth-order valence-electron chi connectivity index (χ4n) is 3.62. The normalized spacial score (nSPS) is 21.7. The van der Waals surface area contributed by atoms with Crippen molar-refractivity contribution >= 4 is 27.4 Å². The van der Waals surface area contributed by atoms with Crippen LogP contribution in [0.5, 0.6) is 0 Å². The van der Waals surface area contributed by atoms with E-state index in [0.717, 1.165) is 25.3 Å². The molecule has 2 aliphatic heterocycles. The molecule has 2 aliphatic rings. The lowest BCUT2D eigenvalue weighted by molar-refractivity contribution is -0.384. The summed E-state index contributed by atoms with van der Waals surface area (Å²) in [6.07, 6.45) is 3.53. The van der Waals surface area contributed by atoms with E-state index >= 15 is 0 Å². The van der Waals surface area contributed by atoms with Gasteiger partial charge in [-0.1, -0.05) is 6.42 Å². The van der Waals surface area contributed by atoms with Gasteiger partial charge in [0.25, 0.3) is 5.69 Å². The summed E-state index contributed by atoms with van der Waals surface area (Å²) < 4.78 is 26.9. The minimum Gasteiger partial charge on any atom is -0.480 e. The molecule has 9 nitrogen and oxygen atoms in total. The number of nitro groups is 1. The van der Waals surface area contributed by atoms with Crippen LogP contribution in [0.25, 0.3) is 0 Å². The zero-order chi connectivity index (χ0) is 18.9. The highest BCUT2D eigenvalue weighted by Gasteiger charge is 2.36. The predicted octanol–water partition coefficient (Wildman–Crippen LogP) is 1.82. The van der Waals surface area contributed by atoms with Crippen LogP contribution >= 0.6 is 0 Å². The van der Waals surface area contributed by atoms with Crippen molar-refractivity contribution in [3.63, 3.8) is 0 Å². The van der Waals surface area contributed by atoms with E-state index in [1.807, 2.05) is 0 Å². The third-order valence-electron chi connectivity index (χ3n) is 4.94. The second-order valence-corrected chi connectivity index (χ2v) is 8.50. The first-order valence-electron chi connectivity index (χ1n) is 8.60. The molecule has 10 heteroatoms. The highest BCUT2D eigenvalue weighted by atomic mass is 32.2. The van der Waals surface area contributed by atoms with E-state index in [2.05, 4.69) is 0 Å². The number of nitro benzene ring substituents is 1. The fraction of sp³-hybridized carbons (Fsp3) is 0.562. The Morgan fingerprint density at radius 2 is 1.85 bits per heavy atom. The van der Waals surface area contributed by atoms with Crippen LogP contribution in [0.4, 0.5) is 11.4 Å². The number of carboxylic acids is 1. The molecule has 0 unspecified atom stereocenters. The van der Waals surface area contributed by atoms with Crippen molar-refractivity contribution in [1.29, 1.82) is 0 Å². The Balaban J connectivity index is 2.00. The molecule has 0 aliphatic carbocycles. The van der Waals surface area contributed by atoms with E-state index in [4.69, 9.17) is 0 Å². The maximum Gasteiger partial charge on any atom is 0.326 e. The number of hydrogen-bond acceptors (Lipinski definition) is 6. The van der Waals surface area contributed by atoms with Gasteiger partial charge in [-0.2, -0.15) is 4.31 Å². The SMILES string of the molecule is O=C(O)[C@@H]1CCCN1c1ccc(S(=O)(=O)N2CCCCC2)cc1[N+](=O)[O-]. The topological polar surface area (TPSA) is 121 Å².